The molecule has 1 amide bonds. The number of aromatic nitrogens is 4. The Kier molecular flexibility index (Phi) is 2.91. The standard InChI is InChI=1S/C8H13N5O2/c14-5-7-2-1-3-13(7)8(15)4-12-6-9-10-11-12/h6-7,14H,1-5H2/t7-/m0/s1. The van der Waals surface area contributed by atoms with E-state index < -0.39 is 0 Å². The van der Waals surface area contributed by atoms with Gasteiger partial charge in [-0.1, -0.05) is 0 Å². The molecule has 0 aromatic carbocycles. The summed E-state index contributed by atoms with van der Waals surface area (Å²) in [4.78, 5) is 13.5. The number of nitrogens with zero attached hydrogens (tertiary/aromatic N) is 5. The van der Waals surface area contributed by atoms with Gasteiger partial charge in [-0.25, -0.2) is 4.68 Å². The monoisotopic (exact) mass is 211 g/mol. The molecule has 15 heavy (non-hydrogen) atoms. The van der Waals surface area contributed by atoms with Gasteiger partial charge in [-0.3, -0.25) is 4.79 Å². The van der Waals surface area contributed by atoms with Crippen LogP contribution in [-0.2, 0) is 11.3 Å². The highest BCUT2D eigenvalue weighted by Gasteiger charge is 2.27. The summed E-state index contributed by atoms with van der Waals surface area (Å²) in [5.41, 5.74) is 0. The minimum absolute atomic E-state index is 0.0291. The smallest absolute Gasteiger partial charge is 0.244 e. The molecule has 1 N–H and O–H groups in total. The molecule has 0 radical (unpaired) electrons. The molecule has 1 fully saturated rings. The highest BCUT2D eigenvalue weighted by Crippen LogP contribution is 2.16. The summed E-state index contributed by atoms with van der Waals surface area (Å²) in [6, 6.07) is -0.0334. The maximum absolute atomic E-state index is 11.8. The Labute approximate surface area is 86.7 Å². The lowest BCUT2D eigenvalue weighted by Crippen LogP contribution is -2.39. The minimum atomic E-state index is -0.0427. The summed E-state index contributed by atoms with van der Waals surface area (Å²) in [5, 5.41) is 19.6. The lowest BCUT2D eigenvalue weighted by atomic mass is 10.2. The fraction of sp³-hybridized carbons (Fsp3) is 0.750. The summed E-state index contributed by atoms with van der Waals surface area (Å²) in [6.45, 7) is 0.886. The van der Waals surface area contributed by atoms with Crippen LogP contribution in [0.2, 0.25) is 0 Å². The number of aliphatic hydroxyl groups is 1. The maximum Gasteiger partial charge on any atom is 0.244 e. The van der Waals surface area contributed by atoms with Crippen molar-refractivity contribution in [2.75, 3.05) is 13.2 Å². The Bertz CT molecular complexity index is 326. The van der Waals surface area contributed by atoms with Crippen LogP contribution in [0, 0.1) is 0 Å². The van der Waals surface area contributed by atoms with Crippen molar-refractivity contribution in [3.05, 3.63) is 6.33 Å². The third-order valence-corrected chi connectivity index (χ3v) is 2.60. The zero-order chi connectivity index (χ0) is 10.7. The van der Waals surface area contributed by atoms with Crippen LogP contribution in [0.4, 0.5) is 0 Å². The molecule has 2 heterocycles. The Hall–Kier alpha value is -1.50. The zero-order valence-corrected chi connectivity index (χ0v) is 8.28. The predicted molar refractivity (Wildman–Crippen MR) is 49.6 cm³/mol. The van der Waals surface area contributed by atoms with Crippen LogP contribution in [0.25, 0.3) is 0 Å². The van der Waals surface area contributed by atoms with Crippen molar-refractivity contribution in [1.29, 1.82) is 0 Å². The van der Waals surface area contributed by atoms with Crippen molar-refractivity contribution in [2.24, 2.45) is 0 Å². The van der Waals surface area contributed by atoms with Gasteiger partial charge in [0.15, 0.2) is 0 Å². The summed E-state index contributed by atoms with van der Waals surface area (Å²) in [5.74, 6) is -0.0427. The highest BCUT2D eigenvalue weighted by molar-refractivity contribution is 5.76. The molecule has 2 rings (SSSR count). The number of tetrazole rings is 1. The van der Waals surface area contributed by atoms with Crippen molar-refractivity contribution < 1.29 is 9.90 Å². The van der Waals surface area contributed by atoms with E-state index in [2.05, 4.69) is 15.5 Å². The van der Waals surface area contributed by atoms with E-state index in [4.69, 9.17) is 5.11 Å². The topological polar surface area (TPSA) is 84.1 Å². The van der Waals surface area contributed by atoms with Gasteiger partial charge < -0.3 is 10.0 Å². The lowest BCUT2D eigenvalue weighted by Gasteiger charge is -2.22. The van der Waals surface area contributed by atoms with Gasteiger partial charge in [0, 0.05) is 6.54 Å². The number of carbonyl (C=O) groups excluding carboxylic acids is 1. The first-order valence-electron chi connectivity index (χ1n) is 4.92. The van der Waals surface area contributed by atoms with Crippen LogP contribution in [-0.4, -0.2) is 55.3 Å². The van der Waals surface area contributed by atoms with E-state index in [1.807, 2.05) is 0 Å². The number of carbonyl (C=O) groups is 1. The Morgan fingerprint density at radius 2 is 2.47 bits per heavy atom. The van der Waals surface area contributed by atoms with E-state index in [-0.39, 0.29) is 25.1 Å². The number of amides is 1. The van der Waals surface area contributed by atoms with Gasteiger partial charge in [0.2, 0.25) is 5.91 Å². The van der Waals surface area contributed by atoms with Gasteiger partial charge in [-0.05, 0) is 23.3 Å². The minimum Gasteiger partial charge on any atom is -0.394 e. The third kappa shape index (κ3) is 2.12. The molecule has 82 valence electrons. The van der Waals surface area contributed by atoms with Crippen molar-refractivity contribution in [3.8, 4) is 0 Å². The molecule has 0 saturated carbocycles. The maximum atomic E-state index is 11.8. The Morgan fingerprint density at radius 3 is 3.13 bits per heavy atom. The number of hydrogen-bond donors (Lipinski definition) is 1. The second kappa shape index (κ2) is 4.35. The summed E-state index contributed by atoms with van der Waals surface area (Å²) < 4.78 is 1.38. The average Bonchev–Trinajstić information content (AvgIpc) is 2.86. The van der Waals surface area contributed by atoms with E-state index in [9.17, 15) is 4.79 Å². The molecule has 0 bridgehead atoms. The van der Waals surface area contributed by atoms with Gasteiger partial charge in [-0.2, -0.15) is 0 Å². The molecular weight excluding hydrogens is 198 g/mol. The van der Waals surface area contributed by atoms with E-state index in [0.29, 0.717) is 6.54 Å². The molecular formula is C8H13N5O2. The van der Waals surface area contributed by atoms with Gasteiger partial charge in [-0.15, -0.1) is 5.10 Å². The Balaban J connectivity index is 1.96. The molecule has 7 nitrogen and oxygen atoms in total. The normalized spacial score (nSPS) is 20.9. The summed E-state index contributed by atoms with van der Waals surface area (Å²) >= 11 is 0. The van der Waals surface area contributed by atoms with Gasteiger partial charge >= 0.3 is 0 Å². The third-order valence-electron chi connectivity index (χ3n) is 2.60. The van der Waals surface area contributed by atoms with Gasteiger partial charge in [0.05, 0.1) is 12.6 Å². The van der Waals surface area contributed by atoms with Crippen molar-refractivity contribution in [1.82, 2.24) is 25.1 Å². The van der Waals surface area contributed by atoms with Crippen molar-refractivity contribution >= 4 is 5.91 Å². The largest absolute Gasteiger partial charge is 0.394 e. The number of likely N-dealkylation sites (tertiary alicyclic amines) is 1. The SMILES string of the molecule is O=C(Cn1cnnn1)N1CCC[C@H]1CO. The van der Waals surface area contributed by atoms with Gasteiger partial charge in [0.1, 0.15) is 12.9 Å². The molecule has 1 atom stereocenters. The quantitative estimate of drug-likeness (QED) is 0.668. The molecule has 1 aromatic heterocycles. The van der Waals surface area contributed by atoms with Crippen LogP contribution >= 0.6 is 0 Å². The first-order valence-corrected chi connectivity index (χ1v) is 4.92. The highest BCUT2D eigenvalue weighted by atomic mass is 16.3. The van der Waals surface area contributed by atoms with Crippen molar-refractivity contribution in [3.63, 3.8) is 0 Å². The lowest BCUT2D eigenvalue weighted by molar-refractivity contribution is -0.133. The summed E-state index contributed by atoms with van der Waals surface area (Å²) in [7, 11) is 0. The van der Waals surface area contributed by atoms with E-state index in [0.717, 1.165) is 12.8 Å². The molecule has 0 aliphatic carbocycles. The predicted octanol–water partition coefficient (Wildman–Crippen LogP) is -1.34. The summed E-state index contributed by atoms with van der Waals surface area (Å²) in [6.07, 6.45) is 3.23. The molecule has 1 aliphatic heterocycles. The fourth-order valence-corrected chi connectivity index (χ4v) is 1.84. The second-order valence-electron chi connectivity index (χ2n) is 3.57. The van der Waals surface area contributed by atoms with E-state index in [1.54, 1.807) is 4.90 Å². The first-order chi connectivity index (χ1) is 7.31. The number of aliphatic hydroxyl groups excluding tert-OH is 1. The molecule has 1 aromatic rings. The average molecular weight is 211 g/mol. The molecule has 7 heteroatoms. The van der Waals surface area contributed by atoms with E-state index >= 15 is 0 Å². The first kappa shape index (κ1) is 10.0. The Morgan fingerprint density at radius 1 is 1.60 bits per heavy atom. The molecule has 0 unspecified atom stereocenters. The van der Waals surface area contributed by atoms with Crippen LogP contribution in [0.15, 0.2) is 6.33 Å². The van der Waals surface area contributed by atoms with Crippen LogP contribution in [0.3, 0.4) is 0 Å². The van der Waals surface area contributed by atoms with Crippen molar-refractivity contribution in [2.45, 2.75) is 25.4 Å². The van der Waals surface area contributed by atoms with Gasteiger partial charge in [0.25, 0.3) is 0 Å². The number of hydrogen-bond acceptors (Lipinski definition) is 5. The molecule has 1 aliphatic rings. The zero-order valence-electron chi connectivity index (χ0n) is 8.28. The molecule has 0 spiro atoms. The number of rotatable bonds is 3. The van der Waals surface area contributed by atoms with Crippen LogP contribution in [0.1, 0.15) is 12.8 Å². The molecule has 1 saturated heterocycles. The van der Waals surface area contributed by atoms with Crippen LogP contribution < -0.4 is 0 Å². The van der Waals surface area contributed by atoms with Crippen LogP contribution in [0.5, 0.6) is 0 Å². The fourth-order valence-electron chi connectivity index (χ4n) is 1.84. The second-order valence-corrected chi connectivity index (χ2v) is 3.57. The van der Waals surface area contributed by atoms with E-state index in [1.165, 1.54) is 11.0 Å².